The molecule has 36 heavy (non-hydrogen) atoms. The molecule has 190 valence electrons. The van der Waals surface area contributed by atoms with Crippen LogP contribution < -0.4 is 0 Å². The summed E-state index contributed by atoms with van der Waals surface area (Å²) in [4.78, 5) is 29.6. The average molecular weight is 495 g/mol. The van der Waals surface area contributed by atoms with E-state index in [2.05, 4.69) is 30.6 Å². The number of tetrazole rings is 1. The Hall–Kier alpha value is -3.25. The molecule has 1 N–H and O–H groups in total. The van der Waals surface area contributed by atoms with Crippen LogP contribution in [0.4, 0.5) is 0 Å². The van der Waals surface area contributed by atoms with E-state index in [1.165, 1.54) is 11.0 Å². The van der Waals surface area contributed by atoms with Crippen molar-refractivity contribution in [1.29, 1.82) is 0 Å². The van der Waals surface area contributed by atoms with Crippen molar-refractivity contribution in [2.75, 3.05) is 19.7 Å². The molecule has 3 fully saturated rings. The molecule has 0 saturated carbocycles. The molecule has 3 saturated heterocycles. The van der Waals surface area contributed by atoms with Crippen LogP contribution >= 0.6 is 0 Å². The highest BCUT2D eigenvalue weighted by molar-refractivity contribution is 5.94. The van der Waals surface area contributed by atoms with E-state index in [9.17, 15) is 14.7 Å². The number of piperidine rings is 1. The van der Waals surface area contributed by atoms with Crippen LogP contribution in [0, 0.1) is 19.3 Å². The highest BCUT2D eigenvalue weighted by atomic mass is 16.5. The summed E-state index contributed by atoms with van der Waals surface area (Å²) < 4.78 is 6.61. The number of esters is 1. The van der Waals surface area contributed by atoms with Gasteiger partial charge in [0.25, 0.3) is 0 Å². The van der Waals surface area contributed by atoms with Gasteiger partial charge in [-0.05, 0) is 68.9 Å². The lowest BCUT2D eigenvalue weighted by Crippen LogP contribution is -2.51. The standard InChI is InChI=1S/C24H30N8O4/c1-13-14(2)21(32-12-25-28-29-32)27-26-20(13)19(33)10-31-16-4-5-17(31)9-24(8-16)6-7-30(23(24)35)18-11-36-22(34)15(18)3/h12,16-17,19,33H,4-11H2,1-3H3/t16-,17-,19+/m1/s1. The molecule has 1 amide bonds. The van der Waals surface area contributed by atoms with Gasteiger partial charge in [0.15, 0.2) is 5.82 Å². The fourth-order valence-corrected chi connectivity index (χ4v) is 6.63. The number of hydrogen-bond donors (Lipinski definition) is 1. The van der Waals surface area contributed by atoms with Gasteiger partial charge < -0.3 is 14.7 Å². The summed E-state index contributed by atoms with van der Waals surface area (Å²) in [5.74, 6) is 0.336. The lowest BCUT2D eigenvalue weighted by Gasteiger charge is -2.44. The third-order valence-corrected chi connectivity index (χ3v) is 8.74. The number of aromatic nitrogens is 6. The summed E-state index contributed by atoms with van der Waals surface area (Å²) in [7, 11) is 0. The number of cyclic esters (lactones) is 1. The number of ether oxygens (including phenoxy) is 1. The van der Waals surface area contributed by atoms with Crippen molar-refractivity contribution >= 4 is 11.9 Å². The molecule has 4 aliphatic heterocycles. The van der Waals surface area contributed by atoms with Crippen molar-refractivity contribution < 1.29 is 19.4 Å². The number of carbonyl (C=O) groups is 2. The minimum atomic E-state index is -0.790. The predicted molar refractivity (Wildman–Crippen MR) is 124 cm³/mol. The van der Waals surface area contributed by atoms with E-state index in [4.69, 9.17) is 4.74 Å². The highest BCUT2D eigenvalue weighted by Crippen LogP contribution is 2.52. The molecule has 12 heteroatoms. The van der Waals surface area contributed by atoms with Crippen molar-refractivity contribution in [2.24, 2.45) is 5.41 Å². The quantitative estimate of drug-likeness (QED) is 0.593. The number of aliphatic hydroxyl groups is 1. The number of rotatable bonds is 5. The Morgan fingerprint density at radius 2 is 1.89 bits per heavy atom. The van der Waals surface area contributed by atoms with Crippen LogP contribution in [-0.2, 0) is 14.3 Å². The lowest BCUT2D eigenvalue weighted by atomic mass is 9.73. The molecule has 6 rings (SSSR count). The van der Waals surface area contributed by atoms with E-state index in [0.29, 0.717) is 30.2 Å². The first kappa shape index (κ1) is 23.2. The zero-order valence-electron chi connectivity index (χ0n) is 20.7. The number of hydrogen-bond acceptors (Lipinski definition) is 10. The van der Waals surface area contributed by atoms with Gasteiger partial charge in [0.1, 0.15) is 19.0 Å². The minimum absolute atomic E-state index is 0.128. The van der Waals surface area contributed by atoms with Gasteiger partial charge in [0.05, 0.1) is 22.4 Å². The Bertz CT molecular complexity index is 1250. The number of amides is 1. The zero-order chi connectivity index (χ0) is 25.2. The predicted octanol–water partition coefficient (Wildman–Crippen LogP) is 0.779. The Morgan fingerprint density at radius 1 is 1.14 bits per heavy atom. The normalized spacial score (nSPS) is 29.1. The van der Waals surface area contributed by atoms with Gasteiger partial charge in [-0.25, -0.2) is 4.79 Å². The molecule has 6 heterocycles. The van der Waals surface area contributed by atoms with E-state index in [1.807, 2.05) is 13.8 Å². The summed E-state index contributed by atoms with van der Waals surface area (Å²) in [6, 6.07) is 0.461. The first-order valence-corrected chi connectivity index (χ1v) is 12.5. The summed E-state index contributed by atoms with van der Waals surface area (Å²) in [6.07, 6.45) is 5.04. The van der Waals surface area contributed by atoms with Crippen LogP contribution in [-0.4, -0.2) is 89.0 Å². The monoisotopic (exact) mass is 494 g/mol. The van der Waals surface area contributed by atoms with Gasteiger partial charge in [-0.2, -0.15) is 9.78 Å². The molecule has 2 aromatic heterocycles. The second kappa shape index (κ2) is 8.41. The maximum Gasteiger partial charge on any atom is 0.336 e. The molecule has 0 radical (unpaired) electrons. The maximum absolute atomic E-state index is 13.6. The number of fused-ring (bicyclic) bond motifs is 2. The Balaban J connectivity index is 1.18. The molecule has 2 aromatic rings. The fourth-order valence-electron chi connectivity index (χ4n) is 6.63. The molecule has 0 aliphatic carbocycles. The minimum Gasteiger partial charge on any atom is -0.456 e. The first-order valence-electron chi connectivity index (χ1n) is 12.5. The fraction of sp³-hybridized carbons (Fsp3) is 0.625. The second-order valence-electron chi connectivity index (χ2n) is 10.6. The van der Waals surface area contributed by atoms with E-state index in [1.54, 1.807) is 11.8 Å². The number of carbonyl (C=O) groups excluding carboxylic acids is 2. The topological polar surface area (TPSA) is 139 Å². The first-order chi connectivity index (χ1) is 17.3. The summed E-state index contributed by atoms with van der Waals surface area (Å²) in [5.41, 5.74) is 3.15. The second-order valence-corrected chi connectivity index (χ2v) is 10.6. The largest absolute Gasteiger partial charge is 0.456 e. The number of nitrogens with zero attached hydrogens (tertiary/aromatic N) is 8. The maximum atomic E-state index is 13.6. The zero-order valence-corrected chi connectivity index (χ0v) is 20.7. The molecule has 1 spiro atoms. The van der Waals surface area contributed by atoms with Crippen LogP contribution in [0.1, 0.15) is 62.0 Å². The third kappa shape index (κ3) is 3.46. The van der Waals surface area contributed by atoms with Crippen LogP contribution in [0.5, 0.6) is 0 Å². The summed E-state index contributed by atoms with van der Waals surface area (Å²) in [5, 5.41) is 31.0. The Kier molecular flexibility index (Phi) is 5.41. The van der Waals surface area contributed by atoms with Crippen molar-refractivity contribution in [1.82, 2.24) is 40.2 Å². The SMILES string of the molecule is CC1=C(N2CCC3(C[C@H]4CC[C@H](C3)N4C[C@H](O)c3nnc(-n4cnnn4)c(C)c3C)C2=O)COC1=O. The molecule has 0 unspecified atom stereocenters. The molecule has 3 atom stereocenters. The average Bonchev–Trinajstić information content (AvgIpc) is 3.61. The van der Waals surface area contributed by atoms with Crippen LogP contribution in [0.15, 0.2) is 17.6 Å². The Morgan fingerprint density at radius 3 is 2.53 bits per heavy atom. The van der Waals surface area contributed by atoms with Crippen LogP contribution in [0.25, 0.3) is 5.82 Å². The van der Waals surface area contributed by atoms with Crippen LogP contribution in [0.3, 0.4) is 0 Å². The third-order valence-electron chi connectivity index (χ3n) is 8.74. The van der Waals surface area contributed by atoms with E-state index in [0.717, 1.165) is 48.9 Å². The molecule has 12 nitrogen and oxygen atoms in total. The van der Waals surface area contributed by atoms with Crippen molar-refractivity contribution in [2.45, 2.75) is 71.1 Å². The Labute approximate surface area is 208 Å². The van der Waals surface area contributed by atoms with Crippen molar-refractivity contribution in [3.05, 3.63) is 34.4 Å². The van der Waals surface area contributed by atoms with Gasteiger partial charge in [-0.3, -0.25) is 9.69 Å². The summed E-state index contributed by atoms with van der Waals surface area (Å²) in [6.45, 7) is 6.85. The smallest absolute Gasteiger partial charge is 0.336 e. The van der Waals surface area contributed by atoms with Crippen LogP contribution in [0.2, 0.25) is 0 Å². The van der Waals surface area contributed by atoms with E-state index in [-0.39, 0.29) is 30.6 Å². The van der Waals surface area contributed by atoms with Gasteiger partial charge >= 0.3 is 5.97 Å². The summed E-state index contributed by atoms with van der Waals surface area (Å²) >= 11 is 0. The molecular formula is C24H30N8O4. The molecular weight excluding hydrogens is 464 g/mol. The van der Waals surface area contributed by atoms with Gasteiger partial charge in [0.2, 0.25) is 5.91 Å². The van der Waals surface area contributed by atoms with E-state index < -0.39 is 11.5 Å². The van der Waals surface area contributed by atoms with E-state index >= 15 is 0 Å². The van der Waals surface area contributed by atoms with Crippen molar-refractivity contribution in [3.63, 3.8) is 0 Å². The van der Waals surface area contributed by atoms with Gasteiger partial charge in [-0.15, -0.1) is 10.2 Å². The van der Waals surface area contributed by atoms with Crippen molar-refractivity contribution in [3.8, 4) is 5.82 Å². The highest BCUT2D eigenvalue weighted by Gasteiger charge is 2.56. The lowest BCUT2D eigenvalue weighted by molar-refractivity contribution is -0.140. The number of likely N-dealkylation sites (tertiary alicyclic amines) is 1. The number of aliphatic hydroxyl groups excluding tert-OH is 1. The van der Waals surface area contributed by atoms with Gasteiger partial charge in [-0.1, -0.05) is 0 Å². The molecule has 2 bridgehead atoms. The molecule has 0 aromatic carbocycles. The molecule has 4 aliphatic rings. The van der Waals surface area contributed by atoms with Gasteiger partial charge in [0, 0.05) is 30.7 Å².